The first kappa shape index (κ1) is 16.9. The Hall–Kier alpha value is -0.980. The molecule has 1 aliphatic heterocycles. The fourth-order valence-corrected chi connectivity index (χ4v) is 4.30. The summed E-state index contributed by atoms with van der Waals surface area (Å²) in [6.45, 7) is 3.29. The molecule has 0 amide bonds. The minimum atomic E-state index is -3.51. The van der Waals surface area contributed by atoms with Gasteiger partial charge in [0, 0.05) is 6.26 Å². The van der Waals surface area contributed by atoms with Crippen LogP contribution in [-0.2, 0) is 21.2 Å². The molecule has 0 spiro atoms. The molecule has 1 saturated heterocycles. The number of halogens is 1. The van der Waals surface area contributed by atoms with Crippen LogP contribution < -0.4 is 5.32 Å². The molecule has 0 bridgehead atoms. The third-order valence-electron chi connectivity index (χ3n) is 4.96. The van der Waals surface area contributed by atoms with Crippen LogP contribution >= 0.6 is 0 Å². The second-order valence-electron chi connectivity index (χ2n) is 6.80. The summed E-state index contributed by atoms with van der Waals surface area (Å²) in [6, 6.07) is 4.20. The molecule has 1 saturated carbocycles. The summed E-state index contributed by atoms with van der Waals surface area (Å²) in [7, 11) is -3.51. The molecule has 4 nitrogen and oxygen atoms in total. The Kier molecular flexibility index (Phi) is 5.04. The van der Waals surface area contributed by atoms with E-state index in [1.807, 2.05) is 0 Å². The molecule has 2 atom stereocenters. The van der Waals surface area contributed by atoms with Crippen molar-refractivity contribution in [3.05, 3.63) is 29.6 Å². The highest BCUT2D eigenvalue weighted by atomic mass is 32.2. The second kappa shape index (κ2) is 6.87. The predicted molar refractivity (Wildman–Crippen MR) is 86.4 cm³/mol. The zero-order chi connectivity index (χ0) is 16.4. The van der Waals surface area contributed by atoms with Crippen LogP contribution in [-0.4, -0.2) is 34.4 Å². The summed E-state index contributed by atoms with van der Waals surface area (Å²) in [5, 5.41) is 3.39. The largest absolute Gasteiger partial charge is 0.376 e. The number of benzene rings is 1. The Bertz CT molecular complexity index is 656. The average Bonchev–Trinajstić information content (AvgIpc) is 3.26. The highest BCUT2D eigenvalue weighted by molar-refractivity contribution is 7.90. The van der Waals surface area contributed by atoms with Crippen molar-refractivity contribution in [2.24, 2.45) is 17.8 Å². The third kappa shape index (κ3) is 4.31. The van der Waals surface area contributed by atoms with Crippen LogP contribution in [0.2, 0.25) is 0 Å². The minimum Gasteiger partial charge on any atom is -0.376 e. The molecular weight excluding hydrogens is 317 g/mol. The fraction of sp³-hybridized carbons (Fsp3) is 0.647. The van der Waals surface area contributed by atoms with Gasteiger partial charge in [-0.2, -0.15) is 0 Å². The lowest BCUT2D eigenvalue weighted by atomic mass is 9.92. The minimum absolute atomic E-state index is 0.255. The Morgan fingerprint density at radius 2 is 2.04 bits per heavy atom. The van der Waals surface area contributed by atoms with E-state index in [9.17, 15) is 12.8 Å². The van der Waals surface area contributed by atoms with Gasteiger partial charge in [-0.15, -0.1) is 0 Å². The molecule has 1 N–H and O–H groups in total. The van der Waals surface area contributed by atoms with Gasteiger partial charge in [0.2, 0.25) is 0 Å². The predicted octanol–water partition coefficient (Wildman–Crippen LogP) is 2.38. The van der Waals surface area contributed by atoms with Gasteiger partial charge in [0.25, 0.3) is 0 Å². The number of nitrogens with one attached hydrogen (secondary N) is 1. The molecule has 1 aromatic carbocycles. The number of hydrogen-bond donors (Lipinski definition) is 1. The lowest BCUT2D eigenvalue weighted by Crippen LogP contribution is -2.29. The van der Waals surface area contributed by atoms with Crippen molar-refractivity contribution in [2.75, 3.05) is 26.0 Å². The maximum absolute atomic E-state index is 13.8. The van der Waals surface area contributed by atoms with Gasteiger partial charge < -0.3 is 10.1 Å². The first-order chi connectivity index (χ1) is 10.9. The zero-order valence-electron chi connectivity index (χ0n) is 13.4. The molecule has 2 fully saturated rings. The third-order valence-corrected chi connectivity index (χ3v) is 6.09. The number of hydrogen-bond acceptors (Lipinski definition) is 4. The van der Waals surface area contributed by atoms with E-state index in [-0.39, 0.29) is 4.90 Å². The van der Waals surface area contributed by atoms with Crippen LogP contribution in [0.5, 0.6) is 0 Å². The summed E-state index contributed by atoms with van der Waals surface area (Å²) >= 11 is 0. The van der Waals surface area contributed by atoms with Crippen molar-refractivity contribution >= 4 is 9.84 Å². The van der Waals surface area contributed by atoms with Crippen LogP contribution in [0.4, 0.5) is 4.39 Å². The first-order valence-corrected chi connectivity index (χ1v) is 10.1. The summed E-state index contributed by atoms with van der Waals surface area (Å²) in [4.78, 5) is -0.255. The quantitative estimate of drug-likeness (QED) is 0.863. The van der Waals surface area contributed by atoms with Crippen LogP contribution in [0.1, 0.15) is 24.8 Å². The SMILES string of the molecule is CS(=O)(=O)c1ccc(COC[C@@H]2C[C@@H]2C2CCNCC2)cc1F. The maximum Gasteiger partial charge on any atom is 0.178 e. The number of sulfone groups is 1. The molecule has 23 heavy (non-hydrogen) atoms. The summed E-state index contributed by atoms with van der Waals surface area (Å²) < 4.78 is 42.3. The lowest BCUT2D eigenvalue weighted by Gasteiger charge is -2.22. The van der Waals surface area contributed by atoms with Gasteiger partial charge in [-0.3, -0.25) is 0 Å². The Labute approximate surface area is 137 Å². The highest BCUT2D eigenvalue weighted by Crippen LogP contribution is 2.47. The molecule has 1 aromatic rings. The van der Waals surface area contributed by atoms with Gasteiger partial charge in [-0.25, -0.2) is 12.8 Å². The molecule has 1 aliphatic carbocycles. The molecule has 0 aromatic heterocycles. The number of ether oxygens (including phenoxy) is 1. The Balaban J connectivity index is 1.46. The molecule has 0 unspecified atom stereocenters. The van der Waals surface area contributed by atoms with E-state index in [4.69, 9.17) is 4.74 Å². The average molecular weight is 341 g/mol. The molecule has 1 heterocycles. The van der Waals surface area contributed by atoms with Crippen LogP contribution in [0.15, 0.2) is 23.1 Å². The van der Waals surface area contributed by atoms with E-state index in [1.54, 1.807) is 6.07 Å². The second-order valence-corrected chi connectivity index (χ2v) is 8.78. The normalized spacial score (nSPS) is 25.5. The van der Waals surface area contributed by atoms with Crippen molar-refractivity contribution in [2.45, 2.75) is 30.8 Å². The van der Waals surface area contributed by atoms with Gasteiger partial charge in [-0.05, 0) is 67.8 Å². The van der Waals surface area contributed by atoms with Gasteiger partial charge in [-0.1, -0.05) is 6.07 Å². The topological polar surface area (TPSA) is 55.4 Å². The van der Waals surface area contributed by atoms with Gasteiger partial charge in [0.05, 0.1) is 13.2 Å². The fourth-order valence-electron chi connectivity index (χ4n) is 3.58. The summed E-state index contributed by atoms with van der Waals surface area (Å²) in [6.07, 6.45) is 4.78. The number of piperidine rings is 1. The first-order valence-electron chi connectivity index (χ1n) is 8.22. The zero-order valence-corrected chi connectivity index (χ0v) is 14.2. The van der Waals surface area contributed by atoms with Crippen molar-refractivity contribution < 1.29 is 17.5 Å². The van der Waals surface area contributed by atoms with E-state index < -0.39 is 15.7 Å². The lowest BCUT2D eigenvalue weighted by molar-refractivity contribution is 0.103. The van der Waals surface area contributed by atoms with Crippen molar-refractivity contribution in [1.82, 2.24) is 5.32 Å². The number of rotatable bonds is 6. The molecule has 2 aliphatic rings. The Morgan fingerprint density at radius 1 is 1.30 bits per heavy atom. The maximum atomic E-state index is 13.8. The van der Waals surface area contributed by atoms with Gasteiger partial charge in [0.15, 0.2) is 9.84 Å². The molecule has 0 radical (unpaired) electrons. The highest BCUT2D eigenvalue weighted by Gasteiger charge is 2.42. The van der Waals surface area contributed by atoms with Gasteiger partial charge >= 0.3 is 0 Å². The van der Waals surface area contributed by atoms with Crippen molar-refractivity contribution in [1.29, 1.82) is 0 Å². The van der Waals surface area contributed by atoms with Crippen molar-refractivity contribution in [3.63, 3.8) is 0 Å². The Morgan fingerprint density at radius 3 is 2.70 bits per heavy atom. The van der Waals surface area contributed by atoms with Crippen molar-refractivity contribution in [3.8, 4) is 0 Å². The van der Waals surface area contributed by atoms with E-state index in [0.29, 0.717) is 24.7 Å². The smallest absolute Gasteiger partial charge is 0.178 e. The van der Waals surface area contributed by atoms with E-state index in [0.717, 1.165) is 31.2 Å². The molecule has 6 heteroatoms. The van der Waals surface area contributed by atoms with E-state index >= 15 is 0 Å². The molecular formula is C17H24FNO3S. The monoisotopic (exact) mass is 341 g/mol. The van der Waals surface area contributed by atoms with Crippen LogP contribution in [0.3, 0.4) is 0 Å². The van der Waals surface area contributed by atoms with Crippen LogP contribution in [0.25, 0.3) is 0 Å². The van der Waals surface area contributed by atoms with E-state index in [1.165, 1.54) is 31.4 Å². The summed E-state index contributed by atoms with van der Waals surface area (Å²) in [5.74, 6) is 1.56. The van der Waals surface area contributed by atoms with Gasteiger partial charge in [0.1, 0.15) is 10.7 Å². The van der Waals surface area contributed by atoms with E-state index in [2.05, 4.69) is 5.32 Å². The van der Waals surface area contributed by atoms with Crippen LogP contribution in [0, 0.1) is 23.6 Å². The molecule has 128 valence electrons. The molecule has 3 rings (SSSR count). The summed E-state index contributed by atoms with van der Waals surface area (Å²) in [5.41, 5.74) is 0.675. The standard InChI is InChI=1S/C17H24FNO3S/c1-23(20,21)17-3-2-12(8-16(17)18)10-22-11-14-9-15(14)13-4-6-19-7-5-13/h2-3,8,13-15,19H,4-7,9-11H2,1H3/t14-,15+/m0/s1.